The maximum atomic E-state index is 12.8. The first kappa shape index (κ1) is 38.8. The molecule has 3 rings (SSSR count). The van der Waals surface area contributed by atoms with Crippen molar-refractivity contribution in [3.63, 3.8) is 0 Å². The summed E-state index contributed by atoms with van der Waals surface area (Å²) in [6.07, 6.45) is 1.25. The number of rotatable bonds is 11. The van der Waals surface area contributed by atoms with E-state index < -0.39 is 36.1 Å². The monoisotopic (exact) mass is 624 g/mol. The van der Waals surface area contributed by atoms with Gasteiger partial charge in [0.15, 0.2) is 0 Å². The van der Waals surface area contributed by atoms with E-state index in [-0.39, 0.29) is 19.0 Å². The molecule has 1 heterocycles. The van der Waals surface area contributed by atoms with Gasteiger partial charge in [0, 0.05) is 38.4 Å². The Labute approximate surface area is 268 Å². The first-order valence-electron chi connectivity index (χ1n) is 15.6. The predicted octanol–water partition coefficient (Wildman–Crippen LogP) is 2.75. The maximum absolute atomic E-state index is 12.8. The normalized spacial score (nSPS) is 13.2. The molecular formula is C34H52N6O5. The average Bonchev–Trinajstić information content (AvgIpc) is 3.02. The summed E-state index contributed by atoms with van der Waals surface area (Å²) in [7, 11) is 2.05. The first-order chi connectivity index (χ1) is 21.4. The van der Waals surface area contributed by atoms with Gasteiger partial charge in [0.05, 0.1) is 18.7 Å². The van der Waals surface area contributed by atoms with Gasteiger partial charge in [-0.1, -0.05) is 83.5 Å². The van der Waals surface area contributed by atoms with Gasteiger partial charge in [-0.2, -0.15) is 0 Å². The second kappa shape index (κ2) is 21.5. The zero-order chi connectivity index (χ0) is 33.8. The minimum atomic E-state index is -0.975. The van der Waals surface area contributed by atoms with Crippen LogP contribution in [0.15, 0.2) is 54.6 Å². The van der Waals surface area contributed by atoms with E-state index in [0.29, 0.717) is 5.56 Å². The molecule has 0 aliphatic carbocycles. The van der Waals surface area contributed by atoms with Crippen molar-refractivity contribution >= 4 is 35.1 Å². The maximum Gasteiger partial charge on any atom is 0.289 e. The SMILES string of the molecule is CC(C)C.CCC.C[C@H](NC(=O)CNC(=O)c1ccccc1N1CCN(C)CC1)C(=O)NCC(=O)C(=O)NCc1ccccc1. The van der Waals surface area contributed by atoms with Crippen LogP contribution in [-0.2, 0) is 25.7 Å². The molecule has 0 unspecified atom stereocenters. The van der Waals surface area contributed by atoms with Gasteiger partial charge in [-0.25, -0.2) is 0 Å². The molecular weight excluding hydrogens is 572 g/mol. The van der Waals surface area contributed by atoms with E-state index in [2.05, 4.69) is 72.7 Å². The van der Waals surface area contributed by atoms with Crippen molar-refractivity contribution in [2.75, 3.05) is 51.2 Å². The fraction of sp³-hybridized carbons (Fsp3) is 0.500. The molecule has 1 saturated heterocycles. The Balaban J connectivity index is 0.00000131. The summed E-state index contributed by atoms with van der Waals surface area (Å²) in [6.45, 7) is 14.9. The lowest BCUT2D eigenvalue weighted by molar-refractivity contribution is -0.138. The first-order valence-corrected chi connectivity index (χ1v) is 15.6. The van der Waals surface area contributed by atoms with Crippen molar-refractivity contribution in [2.24, 2.45) is 5.92 Å². The third-order valence-electron chi connectivity index (χ3n) is 6.15. The van der Waals surface area contributed by atoms with Gasteiger partial charge in [-0.3, -0.25) is 24.0 Å². The number of ketones is 1. The molecule has 0 bridgehead atoms. The van der Waals surface area contributed by atoms with E-state index in [4.69, 9.17) is 0 Å². The van der Waals surface area contributed by atoms with Crippen molar-refractivity contribution < 1.29 is 24.0 Å². The summed E-state index contributed by atoms with van der Waals surface area (Å²) in [5.74, 6) is -2.37. The second-order valence-corrected chi connectivity index (χ2v) is 11.5. The standard InChI is InChI=1S/C27H34N6O5.C4H10.C3H8/c1-19(25(36)29-17-23(34)27(38)28-16-20-8-4-3-5-9-20)31-24(35)18-30-26(37)21-10-6-7-11-22(21)33-14-12-32(2)13-15-33;1-4(2)3;1-3-2/h3-11,19H,12-18H2,1-2H3,(H,28,38)(H,29,36)(H,30,37)(H,31,35);4H,1-3H3;3H2,1-2H3/t19-;;/m0../s1. The Bertz CT molecular complexity index is 1210. The van der Waals surface area contributed by atoms with Gasteiger partial charge in [-0.05, 0) is 37.6 Å². The molecule has 11 heteroatoms. The zero-order valence-electron chi connectivity index (χ0n) is 27.9. The van der Waals surface area contributed by atoms with Crippen molar-refractivity contribution in [3.8, 4) is 0 Å². The fourth-order valence-electron chi connectivity index (χ4n) is 3.88. The van der Waals surface area contributed by atoms with Crippen LogP contribution in [0.25, 0.3) is 0 Å². The minimum Gasteiger partial charge on any atom is -0.368 e. The molecule has 2 aromatic rings. The number of carbonyl (C=O) groups excluding carboxylic acids is 5. The van der Waals surface area contributed by atoms with E-state index in [0.717, 1.165) is 43.3 Å². The number of hydrogen-bond acceptors (Lipinski definition) is 7. The van der Waals surface area contributed by atoms with Gasteiger partial charge in [0.25, 0.3) is 11.8 Å². The molecule has 0 aromatic heterocycles. The number of Topliss-reactive ketones (excluding diaryl/α,β-unsaturated/α-hetero) is 1. The molecule has 248 valence electrons. The summed E-state index contributed by atoms with van der Waals surface area (Å²) in [6, 6.07) is 15.4. The van der Waals surface area contributed by atoms with Crippen LogP contribution in [0.3, 0.4) is 0 Å². The topological polar surface area (TPSA) is 140 Å². The highest BCUT2D eigenvalue weighted by Crippen LogP contribution is 2.21. The summed E-state index contributed by atoms with van der Waals surface area (Å²) in [5, 5.41) is 9.91. The fourth-order valence-corrected chi connectivity index (χ4v) is 3.88. The molecule has 0 spiro atoms. The largest absolute Gasteiger partial charge is 0.368 e. The number of hydrogen-bond donors (Lipinski definition) is 4. The molecule has 45 heavy (non-hydrogen) atoms. The van der Waals surface area contributed by atoms with E-state index >= 15 is 0 Å². The number of anilines is 1. The van der Waals surface area contributed by atoms with Gasteiger partial charge < -0.3 is 31.1 Å². The van der Waals surface area contributed by atoms with Crippen molar-refractivity contribution in [3.05, 3.63) is 65.7 Å². The number of nitrogens with one attached hydrogen (secondary N) is 4. The molecule has 1 aliphatic rings. The Morgan fingerprint density at radius 3 is 1.91 bits per heavy atom. The molecule has 1 aliphatic heterocycles. The number of benzene rings is 2. The predicted molar refractivity (Wildman–Crippen MR) is 179 cm³/mol. The Morgan fingerprint density at radius 2 is 1.31 bits per heavy atom. The van der Waals surface area contributed by atoms with Gasteiger partial charge >= 0.3 is 0 Å². The van der Waals surface area contributed by atoms with Gasteiger partial charge in [0.2, 0.25) is 17.6 Å². The number of nitrogens with zero attached hydrogens (tertiary/aromatic N) is 2. The van der Waals surface area contributed by atoms with Crippen LogP contribution in [-0.4, -0.2) is 86.7 Å². The number of amides is 4. The van der Waals surface area contributed by atoms with E-state index in [1.807, 2.05) is 42.5 Å². The summed E-state index contributed by atoms with van der Waals surface area (Å²) in [5.41, 5.74) is 2.12. The Hall–Kier alpha value is -4.25. The second-order valence-electron chi connectivity index (χ2n) is 11.5. The van der Waals surface area contributed by atoms with Crippen molar-refractivity contribution in [2.45, 2.75) is 60.5 Å². The average molecular weight is 625 g/mol. The summed E-state index contributed by atoms with van der Waals surface area (Å²) in [4.78, 5) is 65.7. The van der Waals surface area contributed by atoms with Gasteiger partial charge in [-0.15, -0.1) is 0 Å². The van der Waals surface area contributed by atoms with Crippen LogP contribution in [0.2, 0.25) is 0 Å². The third kappa shape index (κ3) is 15.9. The number of piperazine rings is 1. The van der Waals surface area contributed by atoms with Crippen LogP contribution in [0.1, 0.15) is 63.9 Å². The quantitative estimate of drug-likeness (QED) is 0.282. The highest BCUT2D eigenvalue weighted by molar-refractivity contribution is 6.37. The van der Waals surface area contributed by atoms with E-state index in [9.17, 15) is 24.0 Å². The smallest absolute Gasteiger partial charge is 0.289 e. The highest BCUT2D eigenvalue weighted by atomic mass is 16.2. The number of carbonyl (C=O) groups is 5. The molecule has 1 fully saturated rings. The molecule has 4 N–H and O–H groups in total. The van der Waals surface area contributed by atoms with Crippen LogP contribution in [0, 0.1) is 5.92 Å². The molecule has 0 radical (unpaired) electrons. The van der Waals surface area contributed by atoms with Gasteiger partial charge in [0.1, 0.15) is 6.04 Å². The molecule has 4 amide bonds. The lowest BCUT2D eigenvalue weighted by Crippen LogP contribution is -2.49. The van der Waals surface area contributed by atoms with E-state index in [1.165, 1.54) is 13.3 Å². The third-order valence-corrected chi connectivity index (χ3v) is 6.15. The van der Waals surface area contributed by atoms with Crippen LogP contribution >= 0.6 is 0 Å². The molecule has 11 nitrogen and oxygen atoms in total. The zero-order valence-corrected chi connectivity index (χ0v) is 27.9. The van der Waals surface area contributed by atoms with Crippen LogP contribution < -0.4 is 26.2 Å². The molecule has 1 atom stereocenters. The van der Waals surface area contributed by atoms with Crippen molar-refractivity contribution in [1.29, 1.82) is 0 Å². The molecule has 2 aromatic carbocycles. The molecule has 0 saturated carbocycles. The lowest BCUT2D eigenvalue weighted by atomic mass is 10.1. The van der Waals surface area contributed by atoms with Crippen LogP contribution in [0.4, 0.5) is 5.69 Å². The Kier molecular flexibility index (Phi) is 18.5. The number of para-hydroxylation sites is 1. The van der Waals surface area contributed by atoms with Crippen molar-refractivity contribution in [1.82, 2.24) is 26.2 Å². The lowest BCUT2D eigenvalue weighted by Gasteiger charge is -2.35. The summed E-state index contributed by atoms with van der Waals surface area (Å²) >= 11 is 0. The number of likely N-dealkylation sites (N-methyl/N-ethyl adjacent to an activating group) is 1. The Morgan fingerprint density at radius 1 is 0.756 bits per heavy atom. The summed E-state index contributed by atoms with van der Waals surface area (Å²) < 4.78 is 0. The van der Waals surface area contributed by atoms with E-state index in [1.54, 1.807) is 12.1 Å². The highest BCUT2D eigenvalue weighted by Gasteiger charge is 2.22. The van der Waals surface area contributed by atoms with Crippen LogP contribution in [0.5, 0.6) is 0 Å². The minimum absolute atomic E-state index is 0.192.